The molecule has 0 bridgehead atoms. The Morgan fingerprint density at radius 1 is 1.03 bits per heavy atom. The second kappa shape index (κ2) is 8.02. The van der Waals surface area contributed by atoms with E-state index < -0.39 is 10.0 Å². The van der Waals surface area contributed by atoms with Crippen LogP contribution < -0.4 is 4.72 Å². The summed E-state index contributed by atoms with van der Waals surface area (Å²) >= 11 is 0. The number of hydrogen-bond acceptors (Lipinski definition) is 3. The van der Waals surface area contributed by atoms with Crippen molar-refractivity contribution in [1.29, 1.82) is 0 Å². The Balaban J connectivity index is 1.69. The molecule has 4 rings (SSSR count). The van der Waals surface area contributed by atoms with Crippen LogP contribution in [0.4, 0.5) is 0 Å². The van der Waals surface area contributed by atoms with Crippen LogP contribution in [0.1, 0.15) is 91.9 Å². The Hall–Kier alpha value is -0.130. The topological polar surface area (TPSA) is 66.4 Å². The first-order valence-electron chi connectivity index (χ1n) is 12.6. The summed E-state index contributed by atoms with van der Waals surface area (Å²) in [6.07, 6.45) is 12.6. The van der Waals surface area contributed by atoms with Crippen molar-refractivity contribution < 1.29 is 13.5 Å². The third kappa shape index (κ3) is 3.79. The van der Waals surface area contributed by atoms with Gasteiger partial charge in [-0.05, 0) is 97.7 Å². The van der Waals surface area contributed by atoms with Gasteiger partial charge in [-0.1, -0.05) is 40.5 Å². The Kier molecular flexibility index (Phi) is 6.16. The number of sulfonamides is 1. The van der Waals surface area contributed by atoms with Crippen LogP contribution in [0.15, 0.2) is 0 Å². The number of aliphatic hydroxyl groups excluding tert-OH is 1. The molecule has 0 aromatic heterocycles. The molecule has 174 valence electrons. The fourth-order valence-electron chi connectivity index (χ4n) is 9.27. The maximum atomic E-state index is 12.3. The van der Waals surface area contributed by atoms with E-state index in [0.29, 0.717) is 29.1 Å². The maximum Gasteiger partial charge on any atom is 0.208 e. The Bertz CT molecular complexity index is 739. The molecule has 0 saturated heterocycles. The largest absolute Gasteiger partial charge is 0.393 e. The molecular weight excluding hydrogens is 394 g/mol. The number of hydrogen-bond donors (Lipinski definition) is 2. The molecule has 4 aliphatic carbocycles. The lowest BCUT2D eigenvalue weighted by Crippen LogP contribution is -2.62. The zero-order chi connectivity index (χ0) is 21.9. The summed E-state index contributed by atoms with van der Waals surface area (Å²) in [7, 11) is -3.24. The average Bonchev–Trinajstić information content (AvgIpc) is 2.99. The van der Waals surface area contributed by atoms with Crippen LogP contribution in [0, 0.1) is 46.3 Å². The van der Waals surface area contributed by atoms with Crippen LogP contribution in [-0.4, -0.2) is 31.9 Å². The van der Waals surface area contributed by atoms with Gasteiger partial charge < -0.3 is 5.11 Å². The van der Waals surface area contributed by atoms with Crippen molar-refractivity contribution in [3.05, 3.63) is 0 Å². The molecule has 4 fully saturated rings. The minimum Gasteiger partial charge on any atom is -0.393 e. The van der Waals surface area contributed by atoms with E-state index in [4.69, 9.17) is 0 Å². The molecule has 0 aromatic rings. The van der Waals surface area contributed by atoms with Gasteiger partial charge in [0, 0.05) is 6.04 Å². The molecular formula is C25H45NO3S. The smallest absolute Gasteiger partial charge is 0.208 e. The van der Waals surface area contributed by atoms with Crippen molar-refractivity contribution in [3.63, 3.8) is 0 Å². The molecule has 0 aromatic carbocycles. The lowest BCUT2D eigenvalue weighted by molar-refractivity contribution is -0.139. The minimum absolute atomic E-state index is 0.0400. The van der Waals surface area contributed by atoms with Gasteiger partial charge in [0.25, 0.3) is 0 Å². The fourth-order valence-corrected chi connectivity index (χ4v) is 10.1. The molecule has 5 heteroatoms. The van der Waals surface area contributed by atoms with E-state index in [-0.39, 0.29) is 17.6 Å². The Labute approximate surface area is 185 Å². The van der Waals surface area contributed by atoms with Crippen LogP contribution >= 0.6 is 0 Å². The van der Waals surface area contributed by atoms with Gasteiger partial charge >= 0.3 is 0 Å². The van der Waals surface area contributed by atoms with E-state index in [9.17, 15) is 13.5 Å². The second-order valence-electron chi connectivity index (χ2n) is 12.1. The first-order chi connectivity index (χ1) is 14.0. The summed E-state index contributed by atoms with van der Waals surface area (Å²) in [4.78, 5) is 0. The van der Waals surface area contributed by atoms with Crippen LogP contribution in [0.5, 0.6) is 0 Å². The molecule has 30 heavy (non-hydrogen) atoms. The van der Waals surface area contributed by atoms with Gasteiger partial charge in [0.05, 0.1) is 12.4 Å². The van der Waals surface area contributed by atoms with E-state index in [1.54, 1.807) is 0 Å². The molecule has 0 unspecified atom stereocenters. The van der Waals surface area contributed by atoms with Crippen molar-refractivity contribution in [2.45, 2.75) is 104 Å². The predicted octanol–water partition coefficient (Wildman–Crippen LogP) is 4.97. The van der Waals surface area contributed by atoms with Gasteiger partial charge in [-0.2, -0.15) is 0 Å². The SMILES string of the molecule is CCC[C@@H](C)[C@H]1CC[C@H]2[C@@H]3[C@@H](NS(C)(=O)=O)C[C@@H]4C[C@H](O)CC[C@]4(C)[C@H]3CC[C@]12C. The quantitative estimate of drug-likeness (QED) is 0.635. The zero-order valence-electron chi connectivity index (χ0n) is 19.9. The van der Waals surface area contributed by atoms with Gasteiger partial charge in [0.1, 0.15) is 0 Å². The summed E-state index contributed by atoms with van der Waals surface area (Å²) in [5.74, 6) is 3.64. The molecule has 4 aliphatic rings. The highest BCUT2D eigenvalue weighted by Crippen LogP contribution is 2.68. The first-order valence-corrected chi connectivity index (χ1v) is 14.5. The lowest BCUT2D eigenvalue weighted by Gasteiger charge is -2.63. The van der Waals surface area contributed by atoms with Crippen molar-refractivity contribution in [2.24, 2.45) is 46.3 Å². The highest BCUT2D eigenvalue weighted by molar-refractivity contribution is 7.88. The Morgan fingerprint density at radius 2 is 1.70 bits per heavy atom. The average molecular weight is 440 g/mol. The van der Waals surface area contributed by atoms with Crippen LogP contribution in [-0.2, 0) is 10.0 Å². The van der Waals surface area contributed by atoms with Gasteiger partial charge in [-0.25, -0.2) is 13.1 Å². The standard InChI is InChI=1S/C25H45NO3S/c1-6-7-16(2)19-8-9-20-23-21(11-13-25(19,20)4)24(3)12-10-18(27)14-17(24)15-22(23)26-30(5,28)29/h16-23,26-27H,6-15H2,1-5H3/t16-,17+,18-,19-,20+,21+,22+,23+,24+,25-/m1/s1. The molecule has 2 N–H and O–H groups in total. The highest BCUT2D eigenvalue weighted by Gasteiger charge is 2.63. The monoisotopic (exact) mass is 439 g/mol. The van der Waals surface area contributed by atoms with E-state index in [2.05, 4.69) is 32.4 Å². The van der Waals surface area contributed by atoms with Crippen molar-refractivity contribution in [1.82, 2.24) is 4.72 Å². The summed E-state index contributed by atoms with van der Waals surface area (Å²) in [6, 6.07) is 0.0400. The first kappa shape index (κ1) is 23.0. The molecule has 0 amide bonds. The van der Waals surface area contributed by atoms with Crippen molar-refractivity contribution >= 4 is 10.0 Å². The number of nitrogens with one attached hydrogen (secondary N) is 1. The zero-order valence-corrected chi connectivity index (χ0v) is 20.7. The number of fused-ring (bicyclic) bond motifs is 5. The maximum absolute atomic E-state index is 12.3. The second-order valence-corrected chi connectivity index (χ2v) is 13.9. The summed E-state index contributed by atoms with van der Waals surface area (Å²) in [5, 5.41) is 10.4. The fraction of sp³-hybridized carbons (Fsp3) is 1.00. The number of aliphatic hydroxyl groups is 1. The molecule has 0 spiro atoms. The van der Waals surface area contributed by atoms with E-state index >= 15 is 0 Å². The third-order valence-corrected chi connectivity index (χ3v) is 11.3. The molecule has 10 atom stereocenters. The van der Waals surface area contributed by atoms with Gasteiger partial charge in [-0.15, -0.1) is 0 Å². The van der Waals surface area contributed by atoms with E-state index in [1.165, 1.54) is 44.8 Å². The number of rotatable bonds is 5. The van der Waals surface area contributed by atoms with Crippen molar-refractivity contribution in [3.8, 4) is 0 Å². The predicted molar refractivity (Wildman–Crippen MR) is 122 cm³/mol. The van der Waals surface area contributed by atoms with E-state index in [1.807, 2.05) is 0 Å². The lowest BCUT2D eigenvalue weighted by atomic mass is 9.43. The van der Waals surface area contributed by atoms with Gasteiger partial charge in [0.2, 0.25) is 10.0 Å². The van der Waals surface area contributed by atoms with Gasteiger partial charge in [0.15, 0.2) is 0 Å². The van der Waals surface area contributed by atoms with Crippen LogP contribution in [0.3, 0.4) is 0 Å². The molecule has 0 aliphatic heterocycles. The van der Waals surface area contributed by atoms with Gasteiger partial charge in [-0.3, -0.25) is 0 Å². The Morgan fingerprint density at radius 3 is 2.37 bits per heavy atom. The normalized spacial score (nSPS) is 49.7. The summed E-state index contributed by atoms with van der Waals surface area (Å²) in [5.41, 5.74) is 0.610. The van der Waals surface area contributed by atoms with Crippen molar-refractivity contribution in [2.75, 3.05) is 6.26 Å². The van der Waals surface area contributed by atoms with E-state index in [0.717, 1.165) is 37.5 Å². The molecule has 4 nitrogen and oxygen atoms in total. The summed E-state index contributed by atoms with van der Waals surface area (Å²) < 4.78 is 27.8. The van der Waals surface area contributed by atoms with Crippen LogP contribution in [0.25, 0.3) is 0 Å². The minimum atomic E-state index is -3.24. The molecule has 4 saturated carbocycles. The summed E-state index contributed by atoms with van der Waals surface area (Å²) in [6.45, 7) is 9.79. The molecule has 0 heterocycles. The van der Waals surface area contributed by atoms with Crippen LogP contribution in [0.2, 0.25) is 0 Å². The molecule has 0 radical (unpaired) electrons. The third-order valence-electron chi connectivity index (χ3n) is 10.6. The highest BCUT2D eigenvalue weighted by atomic mass is 32.2.